The van der Waals surface area contributed by atoms with Crippen molar-refractivity contribution in [2.45, 2.75) is 92.4 Å². The summed E-state index contributed by atoms with van der Waals surface area (Å²) in [7, 11) is 0. The number of aromatic nitrogens is 3. The molecule has 0 spiro atoms. The van der Waals surface area contributed by atoms with Crippen LogP contribution >= 0.6 is 0 Å². The van der Waals surface area contributed by atoms with Gasteiger partial charge in [-0.25, -0.2) is 0 Å². The van der Waals surface area contributed by atoms with E-state index in [2.05, 4.69) is 223 Å². The fraction of sp³-hybridized carbons (Fsp3) is 0.250. The molecule has 59 heavy (non-hydrogen) atoms. The minimum atomic E-state index is 0.0444. The Balaban J connectivity index is 1.27. The first-order valence-electron chi connectivity index (χ1n) is 21.3. The van der Waals surface area contributed by atoms with E-state index < -0.39 is 0 Å². The zero-order valence-electron chi connectivity index (χ0n) is 36.5. The van der Waals surface area contributed by atoms with E-state index in [-0.39, 0.29) is 16.2 Å². The molecule has 0 radical (unpaired) electrons. The smallest absolute Gasteiger partial charge is 0.0542 e. The lowest BCUT2D eigenvalue weighted by atomic mass is 9.85. The summed E-state index contributed by atoms with van der Waals surface area (Å²) >= 11 is 0. The van der Waals surface area contributed by atoms with Gasteiger partial charge in [0, 0.05) is 49.4 Å². The van der Waals surface area contributed by atoms with Crippen LogP contribution in [0.1, 0.15) is 90.1 Å². The second-order valence-electron chi connectivity index (χ2n) is 20.2. The van der Waals surface area contributed by atoms with E-state index in [1.165, 1.54) is 110 Å². The monoisotopic (exact) mass is 769 g/mol. The maximum Gasteiger partial charge on any atom is 0.0542 e. The van der Waals surface area contributed by atoms with Gasteiger partial charge in [-0.15, -0.1) is 0 Å². The standard InChI is InChI=1S/C56H55N3/c1-34-12-18-39(19-13-34)57-52-26-20-40(58-48-22-14-35(2)28-42(48)43-29-36(54(3,4)5)15-23-49(43)58)32-46(52)47-33-41(21-27-53(47)57)59-50-24-16-37(55(6,7)8)30-44(50)45-31-38(56(9,10)11)17-25-51(45)59/h12-33H,1-11H3. The molecule has 3 heteroatoms. The Hall–Kier alpha value is -6.06. The summed E-state index contributed by atoms with van der Waals surface area (Å²) in [5.74, 6) is 0. The lowest BCUT2D eigenvalue weighted by Crippen LogP contribution is -2.10. The van der Waals surface area contributed by atoms with Crippen LogP contribution in [0.2, 0.25) is 0 Å². The fourth-order valence-corrected chi connectivity index (χ4v) is 9.37. The largest absolute Gasteiger partial charge is 0.309 e. The Labute approximate surface area is 348 Å². The van der Waals surface area contributed by atoms with Gasteiger partial charge in [-0.05, 0) is 144 Å². The number of fused-ring (bicyclic) bond motifs is 9. The van der Waals surface area contributed by atoms with Gasteiger partial charge in [0.1, 0.15) is 0 Å². The van der Waals surface area contributed by atoms with Crippen LogP contribution in [-0.4, -0.2) is 13.7 Å². The van der Waals surface area contributed by atoms with Crippen LogP contribution in [0.4, 0.5) is 0 Å². The Morgan fingerprint density at radius 2 is 0.542 bits per heavy atom. The van der Waals surface area contributed by atoms with Gasteiger partial charge in [-0.1, -0.05) is 110 Å². The molecular formula is C56H55N3. The number of rotatable bonds is 3. The van der Waals surface area contributed by atoms with Gasteiger partial charge in [0.15, 0.2) is 0 Å². The molecule has 7 aromatic carbocycles. The Bertz CT molecular complexity index is 3250. The zero-order chi connectivity index (χ0) is 41.3. The molecule has 294 valence electrons. The van der Waals surface area contributed by atoms with Crippen LogP contribution in [0.25, 0.3) is 82.5 Å². The average Bonchev–Trinajstić information content (AvgIpc) is 3.81. The van der Waals surface area contributed by atoms with Gasteiger partial charge in [0.05, 0.1) is 33.1 Å². The van der Waals surface area contributed by atoms with Gasteiger partial charge in [-0.3, -0.25) is 0 Å². The van der Waals surface area contributed by atoms with E-state index in [4.69, 9.17) is 0 Å². The number of hydrogen-bond acceptors (Lipinski definition) is 0. The summed E-state index contributed by atoms with van der Waals surface area (Å²) in [6.45, 7) is 25.1. The number of aryl methyl sites for hydroxylation is 2. The molecule has 0 aliphatic heterocycles. The van der Waals surface area contributed by atoms with E-state index in [0.717, 1.165) is 0 Å². The molecule has 0 aliphatic rings. The first-order valence-corrected chi connectivity index (χ1v) is 21.3. The van der Waals surface area contributed by atoms with Crippen molar-refractivity contribution in [1.29, 1.82) is 0 Å². The van der Waals surface area contributed by atoms with Crippen molar-refractivity contribution in [2.24, 2.45) is 0 Å². The van der Waals surface area contributed by atoms with E-state index in [1.54, 1.807) is 0 Å². The molecule has 0 fully saturated rings. The Morgan fingerprint density at radius 3 is 0.915 bits per heavy atom. The second kappa shape index (κ2) is 12.7. The third-order valence-corrected chi connectivity index (χ3v) is 12.8. The summed E-state index contributed by atoms with van der Waals surface area (Å²) in [6.07, 6.45) is 0. The summed E-state index contributed by atoms with van der Waals surface area (Å²) < 4.78 is 7.41. The molecule has 3 heterocycles. The molecule has 0 atom stereocenters. The lowest BCUT2D eigenvalue weighted by Gasteiger charge is -2.19. The van der Waals surface area contributed by atoms with Crippen molar-refractivity contribution < 1.29 is 0 Å². The first kappa shape index (κ1) is 37.2. The molecule has 3 nitrogen and oxygen atoms in total. The molecule has 0 saturated carbocycles. The van der Waals surface area contributed by atoms with Gasteiger partial charge in [-0.2, -0.15) is 0 Å². The van der Waals surface area contributed by atoms with Gasteiger partial charge >= 0.3 is 0 Å². The molecular weight excluding hydrogens is 715 g/mol. The summed E-state index contributed by atoms with van der Waals surface area (Å²) in [5, 5.41) is 7.68. The van der Waals surface area contributed by atoms with Gasteiger partial charge in [0.25, 0.3) is 0 Å². The third kappa shape index (κ3) is 5.92. The molecule has 0 bridgehead atoms. The van der Waals surface area contributed by atoms with Crippen molar-refractivity contribution in [3.8, 4) is 17.1 Å². The highest BCUT2D eigenvalue weighted by atomic mass is 15.0. The lowest BCUT2D eigenvalue weighted by molar-refractivity contribution is 0.590. The maximum atomic E-state index is 2.49. The average molecular weight is 770 g/mol. The molecule has 0 amide bonds. The maximum absolute atomic E-state index is 2.49. The van der Waals surface area contributed by atoms with Gasteiger partial charge < -0.3 is 13.7 Å². The predicted molar refractivity (Wildman–Crippen MR) is 255 cm³/mol. The fourth-order valence-electron chi connectivity index (χ4n) is 9.37. The molecule has 0 N–H and O–H groups in total. The predicted octanol–water partition coefficient (Wildman–Crippen LogP) is 15.5. The quantitative estimate of drug-likeness (QED) is 0.170. The number of hydrogen-bond donors (Lipinski definition) is 0. The minimum Gasteiger partial charge on any atom is -0.309 e. The topological polar surface area (TPSA) is 14.8 Å². The second-order valence-corrected chi connectivity index (χ2v) is 20.2. The van der Waals surface area contributed by atoms with Crippen molar-refractivity contribution in [1.82, 2.24) is 13.7 Å². The van der Waals surface area contributed by atoms with Crippen molar-refractivity contribution in [3.05, 3.63) is 161 Å². The van der Waals surface area contributed by atoms with E-state index in [9.17, 15) is 0 Å². The van der Waals surface area contributed by atoms with Crippen molar-refractivity contribution in [2.75, 3.05) is 0 Å². The molecule has 0 aliphatic carbocycles. The molecule has 0 unspecified atom stereocenters. The zero-order valence-corrected chi connectivity index (χ0v) is 36.5. The van der Waals surface area contributed by atoms with Crippen molar-refractivity contribution in [3.63, 3.8) is 0 Å². The molecule has 0 saturated heterocycles. The summed E-state index contributed by atoms with van der Waals surface area (Å²) in [6, 6.07) is 51.3. The van der Waals surface area contributed by atoms with Crippen LogP contribution in [0, 0.1) is 13.8 Å². The van der Waals surface area contributed by atoms with Crippen LogP contribution in [-0.2, 0) is 16.2 Å². The van der Waals surface area contributed by atoms with Crippen LogP contribution in [0.3, 0.4) is 0 Å². The normalized spacial score (nSPS) is 13.0. The Kier molecular flexibility index (Phi) is 8.02. The highest BCUT2D eigenvalue weighted by Gasteiger charge is 2.23. The third-order valence-electron chi connectivity index (χ3n) is 12.8. The molecule has 3 aromatic heterocycles. The van der Waals surface area contributed by atoms with Crippen LogP contribution in [0.15, 0.2) is 133 Å². The van der Waals surface area contributed by atoms with Crippen molar-refractivity contribution >= 4 is 65.4 Å². The first-order chi connectivity index (χ1) is 28.0. The van der Waals surface area contributed by atoms with E-state index in [1.807, 2.05) is 0 Å². The number of nitrogens with zero attached hydrogens (tertiary/aromatic N) is 3. The van der Waals surface area contributed by atoms with Crippen LogP contribution < -0.4 is 0 Å². The highest BCUT2D eigenvalue weighted by molar-refractivity contribution is 6.14. The molecule has 10 aromatic rings. The van der Waals surface area contributed by atoms with E-state index >= 15 is 0 Å². The number of benzene rings is 7. The van der Waals surface area contributed by atoms with E-state index in [0.29, 0.717) is 0 Å². The highest BCUT2D eigenvalue weighted by Crippen LogP contribution is 2.42. The summed E-state index contributed by atoms with van der Waals surface area (Å²) in [5.41, 5.74) is 17.5. The van der Waals surface area contributed by atoms with Crippen LogP contribution in [0.5, 0.6) is 0 Å². The Morgan fingerprint density at radius 1 is 0.271 bits per heavy atom. The van der Waals surface area contributed by atoms with Gasteiger partial charge in [0.2, 0.25) is 0 Å². The summed E-state index contributed by atoms with van der Waals surface area (Å²) in [4.78, 5) is 0. The molecule has 10 rings (SSSR count). The minimum absolute atomic E-state index is 0.0444. The SMILES string of the molecule is Cc1ccc(-n2c3ccc(-n4c5ccc(C)cc5c5cc(C(C)(C)C)ccc54)cc3c3cc(-n4c5ccc(C(C)(C)C)cc5c5cc(C(C)(C)C)ccc54)ccc32)cc1.